The van der Waals surface area contributed by atoms with Crippen LogP contribution in [-0.2, 0) is 9.59 Å². The molecule has 0 bridgehead atoms. The van der Waals surface area contributed by atoms with E-state index in [0.717, 1.165) is 11.1 Å². The first-order valence-electron chi connectivity index (χ1n) is 10.2. The molecule has 2 aliphatic carbocycles. The highest BCUT2D eigenvalue weighted by Crippen LogP contribution is 2.59. The summed E-state index contributed by atoms with van der Waals surface area (Å²) >= 11 is 0. The van der Waals surface area contributed by atoms with Crippen LogP contribution in [0.25, 0.3) is 0 Å². The molecule has 4 nitrogen and oxygen atoms in total. The highest BCUT2D eigenvalue weighted by atomic mass is 16.4. The van der Waals surface area contributed by atoms with Crippen molar-refractivity contribution in [1.29, 1.82) is 0 Å². The first kappa shape index (κ1) is 19.6. The number of Topliss-reactive ketones (excluding diaryl/α,β-unsaturated/α-hetero) is 2. The topological polar surface area (TPSA) is 66.7 Å². The van der Waals surface area contributed by atoms with E-state index in [9.17, 15) is 14.8 Å². The Morgan fingerprint density at radius 3 is 1.59 bits per heavy atom. The molecule has 0 heterocycles. The van der Waals surface area contributed by atoms with E-state index < -0.39 is 5.41 Å². The normalized spacial score (nSPS) is 25.8. The summed E-state index contributed by atoms with van der Waals surface area (Å²) in [6, 6.07) is 19.5. The highest BCUT2D eigenvalue weighted by Gasteiger charge is 2.62. The van der Waals surface area contributed by atoms with Crippen molar-refractivity contribution in [2.45, 2.75) is 51.4 Å². The minimum Gasteiger partial charge on any atom is -0.411 e. The standard InChI is InChI=1S/C25H27NO3/c1-24(2)15-22(27)25(23(28)16-24)20(17-9-5-3-6-10-17)13-19(26-29)14-21(25)18-11-7-4-8-12-18/h3-12,20-21,29H,13-16H2,1-2H3. The summed E-state index contributed by atoms with van der Waals surface area (Å²) in [5.74, 6) is -0.605. The summed E-state index contributed by atoms with van der Waals surface area (Å²) in [6.07, 6.45) is 1.61. The summed E-state index contributed by atoms with van der Waals surface area (Å²) in [5, 5.41) is 13.2. The second kappa shape index (κ2) is 7.25. The number of hydrogen-bond acceptors (Lipinski definition) is 4. The van der Waals surface area contributed by atoms with Gasteiger partial charge in [-0.15, -0.1) is 0 Å². The second-order valence-electron chi connectivity index (χ2n) is 9.23. The number of ketones is 2. The third-order valence-corrected chi connectivity index (χ3v) is 6.73. The van der Waals surface area contributed by atoms with Crippen LogP contribution in [-0.4, -0.2) is 22.5 Å². The monoisotopic (exact) mass is 389 g/mol. The van der Waals surface area contributed by atoms with Gasteiger partial charge in [0, 0.05) is 24.7 Å². The third kappa shape index (κ3) is 3.21. The molecular formula is C25H27NO3. The average Bonchev–Trinajstić information content (AvgIpc) is 2.72. The molecule has 0 aromatic heterocycles. The van der Waals surface area contributed by atoms with Crippen molar-refractivity contribution in [3.8, 4) is 0 Å². The molecule has 2 unspecified atom stereocenters. The number of carbonyl (C=O) groups is 2. The lowest BCUT2D eigenvalue weighted by Gasteiger charge is -2.52. The molecule has 4 heteroatoms. The molecule has 4 rings (SSSR count). The average molecular weight is 389 g/mol. The first-order valence-corrected chi connectivity index (χ1v) is 10.2. The van der Waals surface area contributed by atoms with Crippen molar-refractivity contribution in [2.24, 2.45) is 16.0 Å². The van der Waals surface area contributed by atoms with Gasteiger partial charge in [-0.05, 0) is 29.4 Å². The molecule has 0 saturated heterocycles. The SMILES string of the molecule is CC1(C)CC(=O)C2(C(=O)C1)C(c1ccccc1)CC(=NO)CC2c1ccccc1. The molecule has 0 radical (unpaired) electrons. The summed E-state index contributed by atoms with van der Waals surface area (Å²) in [7, 11) is 0. The Morgan fingerprint density at radius 1 is 0.793 bits per heavy atom. The van der Waals surface area contributed by atoms with Crippen molar-refractivity contribution in [3.63, 3.8) is 0 Å². The summed E-state index contributed by atoms with van der Waals surface area (Å²) in [6.45, 7) is 3.99. The largest absolute Gasteiger partial charge is 0.411 e. The Balaban J connectivity index is 1.96. The van der Waals surface area contributed by atoms with E-state index in [4.69, 9.17) is 0 Å². The number of hydrogen-bond donors (Lipinski definition) is 1. The lowest BCUT2D eigenvalue weighted by Crippen LogP contribution is -2.57. The number of carbonyl (C=O) groups excluding carboxylic acids is 2. The second-order valence-corrected chi connectivity index (χ2v) is 9.23. The van der Waals surface area contributed by atoms with Gasteiger partial charge in [0.25, 0.3) is 0 Å². The zero-order chi connectivity index (χ0) is 20.6. The van der Waals surface area contributed by atoms with Gasteiger partial charge in [-0.25, -0.2) is 0 Å². The predicted molar refractivity (Wildman–Crippen MR) is 112 cm³/mol. The third-order valence-electron chi connectivity index (χ3n) is 6.73. The van der Waals surface area contributed by atoms with Crippen LogP contribution in [0, 0.1) is 10.8 Å². The maximum atomic E-state index is 13.8. The Labute approximate surface area is 171 Å². The molecule has 2 fully saturated rings. The fourth-order valence-corrected chi connectivity index (χ4v) is 5.49. The molecule has 29 heavy (non-hydrogen) atoms. The van der Waals surface area contributed by atoms with Crippen LogP contribution < -0.4 is 0 Å². The Morgan fingerprint density at radius 2 is 1.21 bits per heavy atom. The predicted octanol–water partition coefficient (Wildman–Crippen LogP) is 5.12. The van der Waals surface area contributed by atoms with Gasteiger partial charge in [0.05, 0.1) is 5.71 Å². The van der Waals surface area contributed by atoms with E-state index in [1.165, 1.54) is 0 Å². The van der Waals surface area contributed by atoms with Crippen molar-refractivity contribution in [1.82, 2.24) is 0 Å². The lowest BCUT2D eigenvalue weighted by molar-refractivity contribution is -0.152. The quantitative estimate of drug-likeness (QED) is 0.440. The zero-order valence-corrected chi connectivity index (χ0v) is 17.0. The maximum Gasteiger partial charge on any atom is 0.148 e. The molecule has 150 valence electrons. The van der Waals surface area contributed by atoms with Crippen LogP contribution in [0.2, 0.25) is 0 Å². The van der Waals surface area contributed by atoms with Gasteiger partial charge >= 0.3 is 0 Å². The van der Waals surface area contributed by atoms with Gasteiger partial charge in [-0.2, -0.15) is 0 Å². The van der Waals surface area contributed by atoms with Crippen LogP contribution in [0.1, 0.15) is 62.5 Å². The fraction of sp³-hybridized carbons (Fsp3) is 0.400. The van der Waals surface area contributed by atoms with Crippen molar-refractivity contribution >= 4 is 17.3 Å². The molecule has 1 N–H and O–H groups in total. The van der Waals surface area contributed by atoms with Gasteiger partial charge in [-0.1, -0.05) is 79.7 Å². The smallest absolute Gasteiger partial charge is 0.148 e. The van der Waals surface area contributed by atoms with Crippen molar-refractivity contribution < 1.29 is 14.8 Å². The van der Waals surface area contributed by atoms with E-state index in [1.54, 1.807) is 0 Å². The molecule has 1 spiro atoms. The minimum atomic E-state index is -1.12. The van der Waals surface area contributed by atoms with Crippen molar-refractivity contribution in [2.75, 3.05) is 0 Å². The van der Waals surface area contributed by atoms with Crippen LogP contribution in [0.3, 0.4) is 0 Å². The van der Waals surface area contributed by atoms with Gasteiger partial charge in [0.1, 0.15) is 17.0 Å². The van der Waals surface area contributed by atoms with Gasteiger partial charge in [0.2, 0.25) is 0 Å². The zero-order valence-electron chi connectivity index (χ0n) is 17.0. The van der Waals surface area contributed by atoms with E-state index >= 15 is 0 Å². The highest BCUT2D eigenvalue weighted by molar-refractivity contribution is 6.13. The fourth-order valence-electron chi connectivity index (χ4n) is 5.49. The summed E-state index contributed by atoms with van der Waals surface area (Å²) in [4.78, 5) is 27.7. The molecule has 0 amide bonds. The van der Waals surface area contributed by atoms with E-state index in [-0.39, 0.29) is 28.8 Å². The molecule has 2 aromatic rings. The molecule has 2 aromatic carbocycles. The van der Waals surface area contributed by atoms with Gasteiger partial charge in [0.15, 0.2) is 0 Å². The van der Waals surface area contributed by atoms with Gasteiger partial charge in [-0.3, -0.25) is 9.59 Å². The number of benzene rings is 2. The van der Waals surface area contributed by atoms with Gasteiger partial charge < -0.3 is 5.21 Å². The molecular weight excluding hydrogens is 362 g/mol. The van der Waals surface area contributed by atoms with Crippen LogP contribution in [0.5, 0.6) is 0 Å². The number of rotatable bonds is 2. The lowest BCUT2D eigenvalue weighted by atomic mass is 9.47. The maximum absolute atomic E-state index is 13.8. The van der Waals surface area contributed by atoms with E-state index in [2.05, 4.69) is 5.16 Å². The Bertz CT molecular complexity index is 873. The molecule has 0 aliphatic heterocycles. The van der Waals surface area contributed by atoms with Crippen LogP contribution in [0.15, 0.2) is 65.8 Å². The summed E-state index contributed by atoms with van der Waals surface area (Å²) < 4.78 is 0. The molecule has 2 aliphatic rings. The number of nitrogens with zero attached hydrogens (tertiary/aromatic N) is 1. The Hall–Kier alpha value is -2.75. The van der Waals surface area contributed by atoms with Crippen LogP contribution >= 0.6 is 0 Å². The van der Waals surface area contributed by atoms with Crippen LogP contribution in [0.4, 0.5) is 0 Å². The Kier molecular flexibility index (Phi) is 4.89. The summed E-state index contributed by atoms with van der Waals surface area (Å²) in [5.41, 5.74) is 1.11. The van der Waals surface area contributed by atoms with Crippen molar-refractivity contribution in [3.05, 3.63) is 71.8 Å². The molecule has 2 atom stereocenters. The van der Waals surface area contributed by atoms with E-state index in [1.807, 2.05) is 74.5 Å². The first-order chi connectivity index (χ1) is 13.9. The number of oxime groups is 1. The van der Waals surface area contributed by atoms with E-state index in [0.29, 0.717) is 31.4 Å². The minimum absolute atomic E-state index is 0.0263. The molecule has 2 saturated carbocycles.